The number of carbonyl (C=O) groups excluding carboxylic acids is 1. The Morgan fingerprint density at radius 1 is 1.09 bits per heavy atom. The molecule has 1 aromatic carbocycles. The molecule has 1 amide bonds. The van der Waals surface area contributed by atoms with Crippen molar-refractivity contribution >= 4 is 51.0 Å². The van der Waals surface area contributed by atoms with E-state index in [0.29, 0.717) is 26.6 Å². The van der Waals surface area contributed by atoms with Gasteiger partial charge in [-0.2, -0.15) is 0 Å². The largest absolute Gasteiger partial charge is 0.417 e. The summed E-state index contributed by atoms with van der Waals surface area (Å²) in [5.74, 6) is -1.05. The van der Waals surface area contributed by atoms with E-state index in [-0.39, 0.29) is 30.3 Å². The molecule has 11 heteroatoms. The number of fused-ring (bicyclic) bond motifs is 2. The van der Waals surface area contributed by atoms with Crippen molar-refractivity contribution in [3.8, 4) is 0 Å². The lowest BCUT2D eigenvalue weighted by molar-refractivity contribution is 0.0914. The Bertz CT molecular complexity index is 1480. The SMILES string of the molecule is O=C(NCc1cnc2[nH]cc(Cl)c2c1)c1nnc(Cc2cc(F)c3ncc(Cl)cc3c2)o1. The van der Waals surface area contributed by atoms with E-state index >= 15 is 0 Å². The highest BCUT2D eigenvalue weighted by molar-refractivity contribution is 6.35. The number of pyridine rings is 2. The van der Waals surface area contributed by atoms with E-state index in [2.05, 4.69) is 30.5 Å². The van der Waals surface area contributed by atoms with Crippen LogP contribution in [0.3, 0.4) is 0 Å². The Morgan fingerprint density at radius 3 is 2.84 bits per heavy atom. The van der Waals surface area contributed by atoms with Gasteiger partial charge in [-0.1, -0.05) is 23.2 Å². The monoisotopic (exact) mass is 470 g/mol. The molecule has 0 bridgehead atoms. The van der Waals surface area contributed by atoms with Gasteiger partial charge in [-0.25, -0.2) is 9.37 Å². The normalized spacial score (nSPS) is 11.3. The summed E-state index contributed by atoms with van der Waals surface area (Å²) >= 11 is 12.0. The summed E-state index contributed by atoms with van der Waals surface area (Å²) in [4.78, 5) is 23.6. The van der Waals surface area contributed by atoms with Gasteiger partial charge in [0.05, 0.1) is 16.5 Å². The van der Waals surface area contributed by atoms with E-state index in [4.69, 9.17) is 27.6 Å². The molecule has 0 aliphatic rings. The van der Waals surface area contributed by atoms with Crippen LogP contribution < -0.4 is 5.32 Å². The van der Waals surface area contributed by atoms with Gasteiger partial charge in [-0.15, -0.1) is 10.2 Å². The highest BCUT2D eigenvalue weighted by Gasteiger charge is 2.16. The van der Waals surface area contributed by atoms with Gasteiger partial charge in [0.25, 0.3) is 0 Å². The van der Waals surface area contributed by atoms with E-state index in [0.717, 1.165) is 10.9 Å². The van der Waals surface area contributed by atoms with Crippen molar-refractivity contribution in [2.45, 2.75) is 13.0 Å². The molecule has 0 atom stereocenters. The van der Waals surface area contributed by atoms with Crippen LogP contribution in [0.4, 0.5) is 4.39 Å². The van der Waals surface area contributed by atoms with Crippen LogP contribution in [-0.2, 0) is 13.0 Å². The van der Waals surface area contributed by atoms with E-state index in [1.165, 1.54) is 12.3 Å². The summed E-state index contributed by atoms with van der Waals surface area (Å²) in [6, 6.07) is 6.52. The number of aromatic nitrogens is 5. The van der Waals surface area contributed by atoms with E-state index < -0.39 is 11.7 Å². The molecule has 5 aromatic rings. The highest BCUT2D eigenvalue weighted by Crippen LogP contribution is 2.23. The van der Waals surface area contributed by atoms with Crippen LogP contribution in [-0.4, -0.2) is 31.1 Å². The van der Waals surface area contributed by atoms with Gasteiger partial charge in [0.15, 0.2) is 0 Å². The van der Waals surface area contributed by atoms with Crippen LogP contribution in [0.5, 0.6) is 0 Å². The van der Waals surface area contributed by atoms with Crippen LogP contribution in [0.1, 0.15) is 27.7 Å². The number of hydrogen-bond donors (Lipinski definition) is 2. The summed E-state index contributed by atoms with van der Waals surface area (Å²) in [6.45, 7) is 0.199. The van der Waals surface area contributed by atoms with Crippen LogP contribution in [0.25, 0.3) is 21.9 Å². The van der Waals surface area contributed by atoms with Gasteiger partial charge >= 0.3 is 11.8 Å². The van der Waals surface area contributed by atoms with Crippen molar-refractivity contribution in [3.63, 3.8) is 0 Å². The second-order valence-corrected chi connectivity index (χ2v) is 7.88. The first-order valence-corrected chi connectivity index (χ1v) is 10.2. The first-order chi connectivity index (χ1) is 15.5. The van der Waals surface area contributed by atoms with Crippen molar-refractivity contribution in [2.24, 2.45) is 0 Å². The first-order valence-electron chi connectivity index (χ1n) is 9.42. The molecule has 8 nitrogen and oxygen atoms in total. The molecule has 5 rings (SSSR count). The number of H-pyrrole nitrogens is 1. The maximum absolute atomic E-state index is 14.3. The molecule has 160 valence electrons. The number of halogens is 3. The molecule has 32 heavy (non-hydrogen) atoms. The fourth-order valence-corrected chi connectivity index (χ4v) is 3.66. The standard InChI is InChI=1S/C21H13Cl2FN6O2/c22-13-5-12-1-10(3-16(24)18(12)25-8-13)4-17-29-30-21(32-17)20(31)28-7-11-2-14-15(23)9-27-19(14)26-6-11/h1-3,5-6,8-9H,4,7H2,(H,26,27)(H,28,31). The summed E-state index contributed by atoms with van der Waals surface area (Å²) in [5, 5.41) is 12.6. The third-order valence-corrected chi connectivity index (χ3v) is 5.29. The second-order valence-electron chi connectivity index (χ2n) is 7.04. The van der Waals surface area contributed by atoms with Gasteiger partial charge in [-0.3, -0.25) is 9.78 Å². The molecule has 0 spiro atoms. The highest BCUT2D eigenvalue weighted by atomic mass is 35.5. The molecule has 0 saturated heterocycles. The van der Waals surface area contributed by atoms with E-state index in [1.54, 1.807) is 24.5 Å². The summed E-state index contributed by atoms with van der Waals surface area (Å²) < 4.78 is 19.8. The second kappa shape index (κ2) is 8.18. The molecule has 0 saturated carbocycles. The van der Waals surface area contributed by atoms with Gasteiger partial charge in [0, 0.05) is 35.9 Å². The zero-order chi connectivity index (χ0) is 22.2. The quantitative estimate of drug-likeness (QED) is 0.392. The Morgan fingerprint density at radius 2 is 1.97 bits per heavy atom. The topological polar surface area (TPSA) is 110 Å². The third-order valence-electron chi connectivity index (χ3n) is 4.77. The molecule has 0 aliphatic carbocycles. The number of aromatic amines is 1. The minimum absolute atomic E-state index is 0.145. The average molecular weight is 471 g/mol. The van der Waals surface area contributed by atoms with Crippen LogP contribution >= 0.6 is 23.2 Å². The summed E-state index contributed by atoms with van der Waals surface area (Å²) in [6.07, 6.45) is 4.81. The third kappa shape index (κ3) is 4.00. The van der Waals surface area contributed by atoms with Crippen LogP contribution in [0.2, 0.25) is 10.0 Å². The molecular weight excluding hydrogens is 458 g/mol. The van der Waals surface area contributed by atoms with Gasteiger partial charge in [-0.05, 0) is 35.4 Å². The number of nitrogens with zero attached hydrogens (tertiary/aromatic N) is 4. The number of benzene rings is 1. The molecular formula is C21H13Cl2FN6O2. The Balaban J connectivity index is 1.28. The lowest BCUT2D eigenvalue weighted by atomic mass is 10.1. The lowest BCUT2D eigenvalue weighted by Crippen LogP contribution is -2.23. The predicted molar refractivity (Wildman–Crippen MR) is 116 cm³/mol. The van der Waals surface area contributed by atoms with Crippen molar-refractivity contribution in [3.05, 3.63) is 81.6 Å². The van der Waals surface area contributed by atoms with E-state index in [9.17, 15) is 9.18 Å². The molecule has 4 aromatic heterocycles. The Labute approximate surface area is 189 Å². The van der Waals surface area contributed by atoms with Crippen molar-refractivity contribution in [1.29, 1.82) is 0 Å². The Kier molecular flexibility index (Phi) is 5.20. The minimum Gasteiger partial charge on any atom is -0.417 e. The number of rotatable bonds is 5. The fourth-order valence-electron chi connectivity index (χ4n) is 3.30. The summed E-state index contributed by atoms with van der Waals surface area (Å²) in [5.41, 5.74) is 2.22. The van der Waals surface area contributed by atoms with Crippen LogP contribution in [0, 0.1) is 5.82 Å². The number of amides is 1. The van der Waals surface area contributed by atoms with Crippen molar-refractivity contribution in [2.75, 3.05) is 0 Å². The molecule has 4 heterocycles. The number of carbonyl (C=O) groups is 1. The molecule has 0 aliphatic heterocycles. The maximum Gasteiger partial charge on any atom is 0.309 e. The van der Waals surface area contributed by atoms with Gasteiger partial charge < -0.3 is 14.7 Å². The van der Waals surface area contributed by atoms with Gasteiger partial charge in [0.1, 0.15) is 17.0 Å². The molecule has 0 fully saturated rings. The average Bonchev–Trinajstić information content (AvgIpc) is 3.38. The lowest BCUT2D eigenvalue weighted by Gasteiger charge is -2.04. The van der Waals surface area contributed by atoms with Crippen molar-refractivity contribution < 1.29 is 13.6 Å². The molecule has 0 unspecified atom stereocenters. The maximum atomic E-state index is 14.3. The predicted octanol–water partition coefficient (Wildman–Crippen LogP) is 4.46. The van der Waals surface area contributed by atoms with Gasteiger partial charge in [0.2, 0.25) is 5.89 Å². The zero-order valence-electron chi connectivity index (χ0n) is 16.2. The smallest absolute Gasteiger partial charge is 0.309 e. The number of hydrogen-bond acceptors (Lipinski definition) is 6. The molecule has 2 N–H and O–H groups in total. The summed E-state index contributed by atoms with van der Waals surface area (Å²) in [7, 11) is 0. The van der Waals surface area contributed by atoms with Crippen molar-refractivity contribution in [1.82, 2.24) is 30.5 Å². The first kappa shape index (κ1) is 20.3. The van der Waals surface area contributed by atoms with Crippen LogP contribution in [0.15, 0.2) is 47.3 Å². The minimum atomic E-state index is -0.537. The molecule has 0 radical (unpaired) electrons. The van der Waals surface area contributed by atoms with E-state index in [1.807, 2.05) is 6.07 Å². The Hall–Kier alpha value is -3.56. The zero-order valence-corrected chi connectivity index (χ0v) is 17.7. The number of nitrogens with one attached hydrogen (secondary N) is 2. The fraction of sp³-hybridized carbons (Fsp3) is 0.0952.